The van der Waals surface area contributed by atoms with Crippen molar-refractivity contribution in [3.05, 3.63) is 29.6 Å². The van der Waals surface area contributed by atoms with E-state index in [1.807, 2.05) is 65.1 Å². The molecule has 58 heavy (non-hydrogen) atoms. The van der Waals surface area contributed by atoms with Crippen LogP contribution in [-0.4, -0.2) is 107 Å². The number of carbonyl (C=O) groups is 4. The number of benzene rings is 1. The SMILES string of the molecule is CCC1C[C@]1(NC(=O)[C@@H]1C[C@@H](Oc2cc(-c3csc(NC(C)C)n3)nc3cc(OCCOC)ccc23)CN1C(=O)[C@@H](NC(=O)O[C@@H]1C[C@@H]2C[C@@H]2C1)C(C)(C)C)C(=O)O. The number of fused-ring (bicyclic) bond motifs is 2. The molecule has 3 saturated carbocycles. The summed E-state index contributed by atoms with van der Waals surface area (Å²) < 4.78 is 23.6. The first-order valence-corrected chi connectivity index (χ1v) is 21.2. The van der Waals surface area contributed by atoms with Crippen molar-refractivity contribution in [2.24, 2.45) is 23.2 Å². The Balaban J connectivity index is 1.19. The number of carboxylic acids is 1. The summed E-state index contributed by atoms with van der Waals surface area (Å²) in [6.07, 6.45) is 2.25. The maximum Gasteiger partial charge on any atom is 0.408 e. The first kappa shape index (κ1) is 41.5. The highest BCUT2D eigenvalue weighted by atomic mass is 32.1. The average Bonchev–Trinajstić information content (AvgIpc) is 3.83. The molecule has 2 aromatic heterocycles. The van der Waals surface area contributed by atoms with Gasteiger partial charge in [-0.15, -0.1) is 11.3 Å². The molecule has 3 aromatic rings. The molecular formula is C42H56N6O9S. The van der Waals surface area contributed by atoms with Crippen LogP contribution in [0.25, 0.3) is 22.3 Å². The topological polar surface area (TPSA) is 191 Å². The van der Waals surface area contributed by atoms with E-state index in [1.165, 1.54) is 22.7 Å². The van der Waals surface area contributed by atoms with Gasteiger partial charge < -0.3 is 44.9 Å². The van der Waals surface area contributed by atoms with Gasteiger partial charge in [0.05, 0.1) is 24.4 Å². The summed E-state index contributed by atoms with van der Waals surface area (Å²) in [4.78, 5) is 65.8. The lowest BCUT2D eigenvalue weighted by Gasteiger charge is -2.35. The number of nitrogens with one attached hydrogen (secondary N) is 3. The molecule has 1 saturated heterocycles. The van der Waals surface area contributed by atoms with Crippen LogP contribution in [0.3, 0.4) is 0 Å². The van der Waals surface area contributed by atoms with Gasteiger partial charge in [0, 0.05) is 42.5 Å². The Labute approximate surface area is 342 Å². The Morgan fingerprint density at radius 1 is 1.02 bits per heavy atom. The summed E-state index contributed by atoms with van der Waals surface area (Å²) in [7, 11) is 1.61. The number of thiazole rings is 1. The number of amides is 3. The van der Waals surface area contributed by atoms with Crippen LogP contribution in [0, 0.1) is 23.2 Å². The number of rotatable bonds is 16. The van der Waals surface area contributed by atoms with Crippen LogP contribution in [0.1, 0.15) is 80.1 Å². The Hall–Kier alpha value is -4.70. The van der Waals surface area contributed by atoms with E-state index in [1.54, 1.807) is 13.2 Å². The van der Waals surface area contributed by atoms with E-state index in [2.05, 4.69) is 16.0 Å². The fourth-order valence-corrected chi connectivity index (χ4v) is 9.32. The Morgan fingerprint density at radius 2 is 1.78 bits per heavy atom. The second-order valence-corrected chi connectivity index (χ2v) is 18.5. The molecule has 1 unspecified atom stereocenters. The highest BCUT2D eigenvalue weighted by molar-refractivity contribution is 7.14. The van der Waals surface area contributed by atoms with Crippen molar-refractivity contribution >= 4 is 51.2 Å². The van der Waals surface area contributed by atoms with Crippen molar-refractivity contribution in [1.82, 2.24) is 25.5 Å². The van der Waals surface area contributed by atoms with Gasteiger partial charge in [0.1, 0.15) is 53.6 Å². The zero-order chi connectivity index (χ0) is 41.5. The third kappa shape index (κ3) is 8.97. The van der Waals surface area contributed by atoms with Crippen molar-refractivity contribution in [2.45, 2.75) is 116 Å². The van der Waals surface area contributed by atoms with Gasteiger partial charge in [-0.05, 0) is 74.8 Å². The quantitative estimate of drug-likeness (QED) is 0.126. The molecule has 8 atom stereocenters. The second kappa shape index (κ2) is 16.5. The van der Waals surface area contributed by atoms with Crippen molar-refractivity contribution in [3.63, 3.8) is 0 Å². The molecule has 4 fully saturated rings. The molecule has 3 aliphatic carbocycles. The van der Waals surface area contributed by atoms with Crippen molar-refractivity contribution in [1.29, 1.82) is 0 Å². The minimum Gasteiger partial charge on any atom is -0.491 e. The lowest BCUT2D eigenvalue weighted by atomic mass is 9.85. The highest BCUT2D eigenvalue weighted by Crippen LogP contribution is 2.52. The normalized spacial score (nSPS) is 26.5. The molecule has 4 N–H and O–H groups in total. The monoisotopic (exact) mass is 820 g/mol. The molecule has 16 heteroatoms. The lowest BCUT2D eigenvalue weighted by molar-refractivity contribution is -0.146. The third-order valence-electron chi connectivity index (χ3n) is 11.8. The largest absolute Gasteiger partial charge is 0.491 e. The molecule has 1 aromatic carbocycles. The van der Waals surface area contributed by atoms with Crippen LogP contribution in [0.15, 0.2) is 29.6 Å². The van der Waals surface area contributed by atoms with Gasteiger partial charge in [0.2, 0.25) is 11.8 Å². The number of nitrogens with zero attached hydrogens (tertiary/aromatic N) is 3. The van der Waals surface area contributed by atoms with Crippen molar-refractivity contribution in [2.75, 3.05) is 32.2 Å². The van der Waals surface area contributed by atoms with Gasteiger partial charge in [-0.2, -0.15) is 0 Å². The summed E-state index contributed by atoms with van der Waals surface area (Å²) in [5.41, 5.74) is -0.381. The van der Waals surface area contributed by atoms with Crippen LogP contribution in [0.2, 0.25) is 0 Å². The summed E-state index contributed by atoms with van der Waals surface area (Å²) in [5.74, 6) is -0.114. The van der Waals surface area contributed by atoms with Crippen LogP contribution in [0.4, 0.5) is 9.93 Å². The molecule has 1 aliphatic heterocycles. The molecule has 0 bridgehead atoms. The number of hydrogen-bond donors (Lipinski definition) is 4. The molecule has 0 spiro atoms. The molecule has 4 aliphatic rings. The van der Waals surface area contributed by atoms with E-state index >= 15 is 0 Å². The average molecular weight is 821 g/mol. The van der Waals surface area contributed by atoms with Gasteiger partial charge in [-0.1, -0.05) is 34.1 Å². The van der Waals surface area contributed by atoms with Crippen LogP contribution in [-0.2, 0) is 23.9 Å². The van der Waals surface area contributed by atoms with E-state index in [0.717, 1.165) is 18.0 Å². The van der Waals surface area contributed by atoms with Gasteiger partial charge in [-0.25, -0.2) is 19.6 Å². The molecule has 3 heterocycles. The van der Waals surface area contributed by atoms with E-state index in [4.69, 9.17) is 28.9 Å². The van der Waals surface area contributed by atoms with Crippen LogP contribution in [0.5, 0.6) is 11.5 Å². The Bertz CT molecular complexity index is 2020. The van der Waals surface area contributed by atoms with E-state index in [9.17, 15) is 24.3 Å². The first-order valence-electron chi connectivity index (χ1n) is 20.4. The smallest absolute Gasteiger partial charge is 0.408 e. The third-order valence-corrected chi connectivity index (χ3v) is 12.6. The van der Waals surface area contributed by atoms with E-state index in [-0.39, 0.29) is 31.0 Å². The number of aromatic nitrogens is 2. The van der Waals surface area contributed by atoms with Gasteiger partial charge in [0.15, 0.2) is 5.13 Å². The van der Waals surface area contributed by atoms with Gasteiger partial charge in [-0.3, -0.25) is 9.59 Å². The summed E-state index contributed by atoms with van der Waals surface area (Å²) in [5, 5.41) is 22.5. The second-order valence-electron chi connectivity index (χ2n) is 17.6. The van der Waals surface area contributed by atoms with Crippen LogP contribution >= 0.6 is 11.3 Å². The van der Waals surface area contributed by atoms with Gasteiger partial charge >= 0.3 is 12.1 Å². The highest BCUT2D eigenvalue weighted by Gasteiger charge is 2.61. The first-order chi connectivity index (χ1) is 27.6. The number of anilines is 1. The molecular weight excluding hydrogens is 765 g/mol. The fourth-order valence-electron chi connectivity index (χ4n) is 8.46. The Morgan fingerprint density at radius 3 is 2.43 bits per heavy atom. The summed E-state index contributed by atoms with van der Waals surface area (Å²) in [6, 6.07) is 5.35. The number of aliphatic carboxylic acids is 1. The lowest BCUT2D eigenvalue weighted by Crippen LogP contribution is -2.59. The van der Waals surface area contributed by atoms with E-state index < -0.39 is 53.0 Å². The number of methoxy groups -OCH3 is 1. The number of carboxylic acid groups (broad SMARTS) is 1. The number of carbonyl (C=O) groups excluding carboxylic acids is 3. The number of likely N-dealkylation sites (tertiary alicyclic amines) is 1. The number of hydrogen-bond acceptors (Lipinski definition) is 12. The zero-order valence-corrected chi connectivity index (χ0v) is 35.1. The van der Waals surface area contributed by atoms with Crippen LogP contribution < -0.4 is 25.4 Å². The van der Waals surface area contributed by atoms with E-state index in [0.29, 0.717) is 71.7 Å². The standard InChI is InChI=1S/C42H56N6O9S/c1-8-25-19-42(25,38(51)52)47-36(49)33-17-28(20-48(33)37(50)35(41(4,5)6)46-40(53)57-27-14-23-13-24(23)15-27)56-34-18-31(32-21-58-39(45-32)43-22(2)3)44-30-16-26(9-10-29(30)34)55-12-11-54-7/h9-10,16,18,21-25,27-28,33,35H,8,11-15,17,19-20H2,1-7H3,(H,43,45)(H,46,53)(H,47,49)(H,51,52)/t23-,24+,25?,27+,28-,33+,35-,42-/m1/s1. The fraction of sp³-hybridized carbons (Fsp3) is 0.619. The number of alkyl carbamates (subject to hydrolysis) is 1. The minimum absolute atomic E-state index is 0.00000991. The minimum atomic E-state index is -1.40. The maximum atomic E-state index is 14.7. The number of ether oxygens (including phenoxy) is 4. The van der Waals surface area contributed by atoms with Crippen molar-refractivity contribution < 1.29 is 43.2 Å². The zero-order valence-electron chi connectivity index (χ0n) is 34.3. The molecule has 15 nitrogen and oxygen atoms in total. The predicted molar refractivity (Wildman–Crippen MR) is 218 cm³/mol. The van der Waals surface area contributed by atoms with Crippen molar-refractivity contribution in [3.8, 4) is 22.9 Å². The molecule has 7 rings (SSSR count). The maximum absolute atomic E-state index is 14.7. The predicted octanol–water partition coefficient (Wildman–Crippen LogP) is 5.86. The van der Waals surface area contributed by atoms with Gasteiger partial charge in [0.25, 0.3) is 0 Å². The molecule has 0 radical (unpaired) electrons. The molecule has 3 amide bonds. The number of pyridine rings is 1. The summed E-state index contributed by atoms with van der Waals surface area (Å²) in [6.45, 7) is 12.2. The Kier molecular flexibility index (Phi) is 11.8. The summed E-state index contributed by atoms with van der Waals surface area (Å²) >= 11 is 1.46. The molecule has 314 valence electrons.